The molecule has 1 fully saturated rings. The van der Waals surface area contributed by atoms with Crippen molar-refractivity contribution in [3.63, 3.8) is 0 Å². The first-order chi connectivity index (χ1) is 8.83. The van der Waals surface area contributed by atoms with Gasteiger partial charge in [-0.25, -0.2) is 9.97 Å². The highest BCUT2D eigenvalue weighted by atomic mass is 15.3. The van der Waals surface area contributed by atoms with Crippen molar-refractivity contribution in [3.8, 4) is 0 Å². The second-order valence-electron chi connectivity index (χ2n) is 5.15. The fraction of sp³-hybridized carbons (Fsp3) is 0.714. The van der Waals surface area contributed by atoms with Crippen LogP contribution in [-0.2, 0) is 6.42 Å². The molecule has 1 aliphatic heterocycles. The molecule has 0 aliphatic carbocycles. The molecule has 1 unspecified atom stereocenters. The first-order valence-electron chi connectivity index (χ1n) is 7.04. The molecule has 1 N–H and O–H groups in total. The van der Waals surface area contributed by atoms with E-state index in [2.05, 4.69) is 27.1 Å². The Morgan fingerprint density at radius 3 is 2.83 bits per heavy atom. The van der Waals surface area contributed by atoms with E-state index in [0.717, 1.165) is 44.3 Å². The molecule has 2 heterocycles. The molecule has 1 saturated heterocycles. The lowest BCUT2D eigenvalue weighted by Crippen LogP contribution is -2.39. The Kier molecular flexibility index (Phi) is 4.93. The van der Waals surface area contributed by atoms with Crippen LogP contribution < -0.4 is 10.2 Å². The summed E-state index contributed by atoms with van der Waals surface area (Å²) in [6.07, 6.45) is 8.73. The summed E-state index contributed by atoms with van der Waals surface area (Å²) in [4.78, 5) is 11.3. The largest absolute Gasteiger partial charge is 0.341 e. The fourth-order valence-corrected chi connectivity index (χ4v) is 2.63. The molecule has 4 heteroatoms. The Balaban J connectivity index is 1.97. The number of aromatic nitrogens is 2. The van der Waals surface area contributed by atoms with Gasteiger partial charge in [0, 0.05) is 25.5 Å². The van der Waals surface area contributed by atoms with Gasteiger partial charge < -0.3 is 10.2 Å². The van der Waals surface area contributed by atoms with Crippen LogP contribution in [0.25, 0.3) is 0 Å². The summed E-state index contributed by atoms with van der Waals surface area (Å²) in [7, 11) is 2.02. The van der Waals surface area contributed by atoms with E-state index in [9.17, 15) is 0 Å². The maximum absolute atomic E-state index is 4.51. The number of anilines is 1. The molecule has 1 aromatic rings. The van der Waals surface area contributed by atoms with Gasteiger partial charge in [0.2, 0.25) is 5.95 Å². The van der Waals surface area contributed by atoms with Crippen molar-refractivity contribution in [3.05, 3.63) is 18.0 Å². The van der Waals surface area contributed by atoms with E-state index in [0.29, 0.717) is 0 Å². The van der Waals surface area contributed by atoms with Crippen LogP contribution in [0.15, 0.2) is 12.4 Å². The number of nitrogens with one attached hydrogen (secondary N) is 1. The Labute approximate surface area is 110 Å². The third-order valence-electron chi connectivity index (χ3n) is 3.52. The van der Waals surface area contributed by atoms with Gasteiger partial charge in [0.05, 0.1) is 0 Å². The normalized spacial score (nSPS) is 20.1. The summed E-state index contributed by atoms with van der Waals surface area (Å²) in [6.45, 7) is 5.44. The minimum atomic E-state index is 0.725. The van der Waals surface area contributed by atoms with Gasteiger partial charge in [0.1, 0.15) is 0 Å². The molecule has 0 amide bonds. The van der Waals surface area contributed by atoms with Gasteiger partial charge in [-0.15, -0.1) is 0 Å². The smallest absolute Gasteiger partial charge is 0.225 e. The summed E-state index contributed by atoms with van der Waals surface area (Å²) < 4.78 is 0. The van der Waals surface area contributed by atoms with Crippen molar-refractivity contribution in [1.82, 2.24) is 15.3 Å². The summed E-state index contributed by atoms with van der Waals surface area (Å²) in [5.74, 6) is 1.62. The number of hydrogen-bond donors (Lipinski definition) is 1. The maximum atomic E-state index is 4.51. The van der Waals surface area contributed by atoms with Crippen molar-refractivity contribution in [2.24, 2.45) is 5.92 Å². The SMILES string of the molecule is CCCc1cnc(N2CCCC(CNC)C2)nc1. The first-order valence-corrected chi connectivity index (χ1v) is 7.04. The topological polar surface area (TPSA) is 41.1 Å². The van der Waals surface area contributed by atoms with Gasteiger partial charge in [-0.3, -0.25) is 0 Å². The third kappa shape index (κ3) is 3.42. The zero-order chi connectivity index (χ0) is 12.8. The van der Waals surface area contributed by atoms with E-state index >= 15 is 0 Å². The lowest BCUT2D eigenvalue weighted by atomic mass is 9.98. The van der Waals surface area contributed by atoms with Crippen molar-refractivity contribution in [2.75, 3.05) is 31.6 Å². The molecular formula is C14H24N4. The molecule has 1 aliphatic rings. The Morgan fingerprint density at radius 2 is 2.17 bits per heavy atom. The fourth-order valence-electron chi connectivity index (χ4n) is 2.63. The Morgan fingerprint density at radius 1 is 1.39 bits per heavy atom. The molecule has 18 heavy (non-hydrogen) atoms. The van der Waals surface area contributed by atoms with Crippen LogP contribution in [0.2, 0.25) is 0 Å². The highest BCUT2D eigenvalue weighted by Gasteiger charge is 2.20. The van der Waals surface area contributed by atoms with E-state index in [1.165, 1.54) is 18.4 Å². The van der Waals surface area contributed by atoms with E-state index in [1.807, 2.05) is 19.4 Å². The van der Waals surface area contributed by atoms with Crippen LogP contribution in [0.4, 0.5) is 5.95 Å². The average Bonchev–Trinajstić information content (AvgIpc) is 2.41. The summed E-state index contributed by atoms with van der Waals surface area (Å²) >= 11 is 0. The molecule has 100 valence electrons. The molecule has 0 aromatic carbocycles. The first kappa shape index (κ1) is 13.3. The van der Waals surface area contributed by atoms with E-state index in [-0.39, 0.29) is 0 Å². The van der Waals surface area contributed by atoms with E-state index < -0.39 is 0 Å². The molecule has 2 rings (SSSR count). The average molecular weight is 248 g/mol. The zero-order valence-corrected chi connectivity index (χ0v) is 11.5. The standard InChI is InChI=1S/C14H24N4/c1-3-5-12-9-16-14(17-10-12)18-7-4-6-13(11-18)8-15-2/h9-10,13,15H,3-8,11H2,1-2H3. The number of hydrogen-bond acceptors (Lipinski definition) is 4. The van der Waals surface area contributed by atoms with E-state index in [4.69, 9.17) is 0 Å². The van der Waals surface area contributed by atoms with Crippen molar-refractivity contribution < 1.29 is 0 Å². The monoisotopic (exact) mass is 248 g/mol. The van der Waals surface area contributed by atoms with Crippen LogP contribution in [0.5, 0.6) is 0 Å². The summed E-state index contributed by atoms with van der Waals surface area (Å²) in [6, 6.07) is 0. The number of nitrogens with zero attached hydrogens (tertiary/aromatic N) is 3. The predicted octanol–water partition coefficient (Wildman–Crippen LogP) is 1.86. The Bertz CT molecular complexity index is 347. The van der Waals surface area contributed by atoms with Gasteiger partial charge in [-0.1, -0.05) is 13.3 Å². The number of aryl methyl sites for hydroxylation is 1. The molecule has 0 radical (unpaired) electrons. The number of piperidine rings is 1. The van der Waals surface area contributed by atoms with Crippen LogP contribution >= 0.6 is 0 Å². The van der Waals surface area contributed by atoms with Gasteiger partial charge in [0.25, 0.3) is 0 Å². The van der Waals surface area contributed by atoms with Crippen molar-refractivity contribution >= 4 is 5.95 Å². The lowest BCUT2D eigenvalue weighted by Gasteiger charge is -2.32. The van der Waals surface area contributed by atoms with Crippen molar-refractivity contribution in [2.45, 2.75) is 32.6 Å². The van der Waals surface area contributed by atoms with Crippen LogP contribution in [0.3, 0.4) is 0 Å². The molecule has 0 spiro atoms. The number of rotatable bonds is 5. The minimum Gasteiger partial charge on any atom is -0.341 e. The van der Waals surface area contributed by atoms with Crippen LogP contribution in [0.1, 0.15) is 31.7 Å². The predicted molar refractivity (Wildman–Crippen MR) is 74.9 cm³/mol. The minimum absolute atomic E-state index is 0.725. The second-order valence-corrected chi connectivity index (χ2v) is 5.15. The zero-order valence-electron chi connectivity index (χ0n) is 11.5. The summed E-state index contributed by atoms with van der Waals surface area (Å²) in [5, 5.41) is 3.27. The van der Waals surface area contributed by atoms with E-state index in [1.54, 1.807) is 0 Å². The third-order valence-corrected chi connectivity index (χ3v) is 3.52. The quantitative estimate of drug-likeness (QED) is 0.863. The molecule has 0 bridgehead atoms. The van der Waals surface area contributed by atoms with Gasteiger partial charge in [0.15, 0.2) is 0 Å². The van der Waals surface area contributed by atoms with Gasteiger partial charge in [-0.05, 0) is 44.3 Å². The van der Waals surface area contributed by atoms with Crippen LogP contribution in [-0.4, -0.2) is 36.6 Å². The molecule has 1 atom stereocenters. The van der Waals surface area contributed by atoms with Gasteiger partial charge >= 0.3 is 0 Å². The summed E-state index contributed by atoms with van der Waals surface area (Å²) in [5.41, 5.74) is 1.24. The molecule has 1 aromatic heterocycles. The highest BCUT2D eigenvalue weighted by Crippen LogP contribution is 2.19. The maximum Gasteiger partial charge on any atom is 0.225 e. The van der Waals surface area contributed by atoms with Crippen molar-refractivity contribution in [1.29, 1.82) is 0 Å². The highest BCUT2D eigenvalue weighted by molar-refractivity contribution is 5.30. The molecule has 4 nitrogen and oxygen atoms in total. The van der Waals surface area contributed by atoms with Crippen LogP contribution in [0, 0.1) is 5.92 Å². The molecular weight excluding hydrogens is 224 g/mol. The Hall–Kier alpha value is -1.16. The van der Waals surface area contributed by atoms with Gasteiger partial charge in [-0.2, -0.15) is 0 Å². The second kappa shape index (κ2) is 6.69. The molecule has 0 saturated carbocycles. The lowest BCUT2D eigenvalue weighted by molar-refractivity contribution is 0.399.